The summed E-state index contributed by atoms with van der Waals surface area (Å²) in [6, 6.07) is 3.47. The van der Waals surface area contributed by atoms with Gasteiger partial charge in [-0.05, 0) is 22.0 Å². The smallest absolute Gasteiger partial charge is 0.276 e. The Balaban J connectivity index is 1.60. The third-order valence-electron chi connectivity index (χ3n) is 4.37. The fourth-order valence-electron chi connectivity index (χ4n) is 2.89. The minimum atomic E-state index is -0.368. The van der Waals surface area contributed by atoms with Gasteiger partial charge < -0.3 is 14.5 Å². The lowest BCUT2D eigenvalue weighted by Crippen LogP contribution is -2.41. The molecule has 4 heterocycles. The molecular formula is C16H16BrN7O3. The first-order valence-corrected chi connectivity index (χ1v) is 9.04. The van der Waals surface area contributed by atoms with Gasteiger partial charge >= 0.3 is 0 Å². The summed E-state index contributed by atoms with van der Waals surface area (Å²) in [7, 11) is 1.63. The van der Waals surface area contributed by atoms with Gasteiger partial charge in [-0.15, -0.1) is 5.10 Å². The van der Waals surface area contributed by atoms with Crippen LogP contribution in [0.15, 0.2) is 29.3 Å². The zero-order chi connectivity index (χ0) is 19.0. The van der Waals surface area contributed by atoms with E-state index in [-0.39, 0.29) is 23.1 Å². The topological polar surface area (TPSA) is 109 Å². The number of nitrogens with zero attached hydrogens (tertiary/aromatic N) is 6. The van der Waals surface area contributed by atoms with Crippen molar-refractivity contribution in [2.24, 2.45) is 0 Å². The fourth-order valence-corrected chi connectivity index (χ4v) is 3.24. The first-order chi connectivity index (χ1) is 13.0. The normalized spacial score (nSPS) is 14.5. The molecule has 0 aliphatic carbocycles. The van der Waals surface area contributed by atoms with E-state index in [4.69, 9.17) is 4.74 Å². The lowest BCUT2D eigenvalue weighted by atomic mass is 10.2. The molecule has 4 rings (SSSR count). The summed E-state index contributed by atoms with van der Waals surface area (Å²) in [5.74, 6) is -0.604. The molecule has 0 atom stereocenters. The number of H-pyrrole nitrogens is 1. The van der Waals surface area contributed by atoms with Crippen LogP contribution in [0.1, 0.15) is 20.8 Å². The summed E-state index contributed by atoms with van der Waals surface area (Å²) in [4.78, 5) is 33.0. The molecule has 1 fully saturated rings. The monoisotopic (exact) mass is 433 g/mol. The fraction of sp³-hybridized carbons (Fsp3) is 0.312. The molecule has 0 unspecified atom stereocenters. The largest absolute Gasteiger partial charge is 0.378 e. The number of pyridine rings is 1. The van der Waals surface area contributed by atoms with Crippen LogP contribution in [0.3, 0.4) is 0 Å². The van der Waals surface area contributed by atoms with E-state index in [1.54, 1.807) is 34.8 Å². The Morgan fingerprint density at radius 2 is 2.11 bits per heavy atom. The maximum Gasteiger partial charge on any atom is 0.276 e. The summed E-state index contributed by atoms with van der Waals surface area (Å²) < 4.78 is 7.32. The Morgan fingerprint density at radius 3 is 2.89 bits per heavy atom. The standard InChI is InChI=1S/C16H16BrN7O3/c1-22(10-2-3-24-12(8-10)19-16(17)21-24)15(26)13-11(9-18-20-13)14(25)23-4-6-27-7-5-23/h2-3,8-9H,4-7H2,1H3,(H,18,20). The molecule has 0 aromatic carbocycles. The first kappa shape index (κ1) is 17.6. The number of aromatic nitrogens is 5. The second kappa shape index (κ2) is 7.08. The predicted molar refractivity (Wildman–Crippen MR) is 98.7 cm³/mol. The number of amides is 2. The van der Waals surface area contributed by atoms with Crippen LogP contribution >= 0.6 is 15.9 Å². The molecule has 1 aliphatic rings. The molecule has 11 heteroatoms. The van der Waals surface area contributed by atoms with Crippen LogP contribution < -0.4 is 4.90 Å². The van der Waals surface area contributed by atoms with Gasteiger partial charge in [0.2, 0.25) is 4.73 Å². The van der Waals surface area contributed by atoms with Crippen molar-refractivity contribution in [3.63, 3.8) is 0 Å². The molecule has 0 bridgehead atoms. The third kappa shape index (κ3) is 3.30. The van der Waals surface area contributed by atoms with Crippen molar-refractivity contribution in [3.05, 3.63) is 40.5 Å². The number of carbonyl (C=O) groups excluding carboxylic acids is 2. The number of aromatic amines is 1. The highest BCUT2D eigenvalue weighted by Gasteiger charge is 2.27. The highest BCUT2D eigenvalue weighted by Crippen LogP contribution is 2.20. The van der Waals surface area contributed by atoms with Crippen LogP contribution in [0.5, 0.6) is 0 Å². The summed E-state index contributed by atoms with van der Waals surface area (Å²) in [6.45, 7) is 1.96. The number of morpholine rings is 1. The van der Waals surface area contributed by atoms with Gasteiger partial charge in [0.15, 0.2) is 5.65 Å². The minimum Gasteiger partial charge on any atom is -0.378 e. The number of halogens is 1. The SMILES string of the molecule is CN(C(=O)c1[nH]ncc1C(=O)N1CCOCC1)c1ccn2nc(Br)nc2c1. The van der Waals surface area contributed by atoms with Gasteiger partial charge in [0.25, 0.3) is 11.8 Å². The Kier molecular flexibility index (Phi) is 4.62. The van der Waals surface area contributed by atoms with Crippen molar-refractivity contribution in [2.75, 3.05) is 38.3 Å². The molecule has 0 spiro atoms. The molecule has 2 amide bonds. The van der Waals surface area contributed by atoms with Crippen LogP contribution in [0.25, 0.3) is 5.65 Å². The van der Waals surface area contributed by atoms with Gasteiger partial charge in [-0.2, -0.15) is 5.10 Å². The van der Waals surface area contributed by atoms with Crippen molar-refractivity contribution in [2.45, 2.75) is 0 Å². The van der Waals surface area contributed by atoms with E-state index >= 15 is 0 Å². The number of nitrogens with one attached hydrogen (secondary N) is 1. The maximum absolute atomic E-state index is 13.0. The van der Waals surface area contributed by atoms with Crippen molar-refractivity contribution < 1.29 is 14.3 Å². The van der Waals surface area contributed by atoms with Crippen molar-refractivity contribution >= 4 is 39.1 Å². The number of hydrogen-bond donors (Lipinski definition) is 1. The average Bonchev–Trinajstić information content (AvgIpc) is 3.32. The minimum absolute atomic E-state index is 0.150. The van der Waals surface area contributed by atoms with Crippen molar-refractivity contribution in [1.29, 1.82) is 0 Å². The lowest BCUT2D eigenvalue weighted by Gasteiger charge is -2.26. The van der Waals surface area contributed by atoms with Gasteiger partial charge in [0.1, 0.15) is 5.69 Å². The first-order valence-electron chi connectivity index (χ1n) is 8.25. The molecule has 0 radical (unpaired) electrons. The Labute approximate surface area is 162 Å². The molecule has 1 N–H and O–H groups in total. The number of anilines is 1. The summed E-state index contributed by atoms with van der Waals surface area (Å²) in [5, 5.41) is 10.7. The zero-order valence-corrected chi connectivity index (χ0v) is 16.0. The van der Waals surface area contributed by atoms with Gasteiger partial charge in [-0.25, -0.2) is 9.50 Å². The van der Waals surface area contributed by atoms with Crippen molar-refractivity contribution in [3.8, 4) is 0 Å². The quantitative estimate of drug-likeness (QED) is 0.658. The molecule has 10 nitrogen and oxygen atoms in total. The zero-order valence-electron chi connectivity index (χ0n) is 14.4. The van der Waals surface area contributed by atoms with Gasteiger partial charge in [-0.3, -0.25) is 14.7 Å². The van der Waals surface area contributed by atoms with Crippen LogP contribution in [0, 0.1) is 0 Å². The molecule has 3 aromatic rings. The molecule has 140 valence electrons. The second-order valence-electron chi connectivity index (χ2n) is 6.00. The van der Waals surface area contributed by atoms with E-state index in [1.807, 2.05) is 0 Å². The van der Waals surface area contributed by atoms with E-state index < -0.39 is 0 Å². The average molecular weight is 434 g/mol. The summed E-state index contributed by atoms with van der Waals surface area (Å²) >= 11 is 3.22. The molecule has 3 aromatic heterocycles. The maximum atomic E-state index is 13.0. The van der Waals surface area contributed by atoms with Gasteiger partial charge in [0, 0.05) is 38.1 Å². The number of rotatable bonds is 3. The Hall–Kier alpha value is -2.79. The number of ether oxygens (including phenoxy) is 1. The predicted octanol–water partition coefficient (Wildman–Crippen LogP) is 0.964. The molecule has 0 saturated carbocycles. The third-order valence-corrected chi connectivity index (χ3v) is 4.71. The molecular weight excluding hydrogens is 418 g/mol. The van der Waals surface area contributed by atoms with Crippen LogP contribution in [0.2, 0.25) is 0 Å². The van der Waals surface area contributed by atoms with Crippen LogP contribution in [-0.4, -0.2) is 74.9 Å². The highest BCUT2D eigenvalue weighted by atomic mass is 79.9. The van der Waals surface area contributed by atoms with E-state index in [2.05, 4.69) is 36.2 Å². The van der Waals surface area contributed by atoms with E-state index in [0.29, 0.717) is 42.4 Å². The van der Waals surface area contributed by atoms with E-state index in [0.717, 1.165) is 0 Å². The Bertz CT molecular complexity index is 1010. The van der Waals surface area contributed by atoms with Crippen LogP contribution in [-0.2, 0) is 4.74 Å². The van der Waals surface area contributed by atoms with E-state index in [1.165, 1.54) is 11.1 Å². The van der Waals surface area contributed by atoms with Crippen molar-refractivity contribution in [1.82, 2.24) is 29.7 Å². The second-order valence-corrected chi connectivity index (χ2v) is 6.71. The number of carbonyl (C=O) groups is 2. The highest BCUT2D eigenvalue weighted by molar-refractivity contribution is 9.10. The molecule has 1 aliphatic heterocycles. The summed E-state index contributed by atoms with van der Waals surface area (Å²) in [5.41, 5.74) is 1.61. The van der Waals surface area contributed by atoms with Gasteiger partial charge in [0.05, 0.1) is 25.0 Å². The van der Waals surface area contributed by atoms with Crippen LogP contribution in [0.4, 0.5) is 5.69 Å². The molecule has 27 heavy (non-hydrogen) atoms. The lowest BCUT2D eigenvalue weighted by molar-refractivity contribution is 0.0302. The van der Waals surface area contributed by atoms with Gasteiger partial charge in [-0.1, -0.05) is 0 Å². The number of hydrogen-bond acceptors (Lipinski definition) is 6. The molecule has 1 saturated heterocycles. The summed E-state index contributed by atoms with van der Waals surface area (Å²) in [6.07, 6.45) is 3.09. The Morgan fingerprint density at radius 1 is 1.33 bits per heavy atom. The number of fused-ring (bicyclic) bond motifs is 1. The van der Waals surface area contributed by atoms with E-state index in [9.17, 15) is 9.59 Å².